The second kappa shape index (κ2) is 12.0. The van der Waals surface area contributed by atoms with E-state index in [0.29, 0.717) is 12.8 Å². The molecule has 0 amide bonds. The van der Waals surface area contributed by atoms with Gasteiger partial charge in [0.15, 0.2) is 0 Å². The summed E-state index contributed by atoms with van der Waals surface area (Å²) in [6, 6.07) is 7.59. The molecule has 2 nitrogen and oxygen atoms in total. The van der Waals surface area contributed by atoms with Crippen LogP contribution in [0.4, 0.5) is 0 Å². The molecule has 0 bridgehead atoms. The Morgan fingerprint density at radius 2 is 1.06 bits per heavy atom. The van der Waals surface area contributed by atoms with Crippen LogP contribution in [0.25, 0.3) is 0 Å². The zero-order chi connectivity index (χ0) is 14.6. The lowest BCUT2D eigenvalue weighted by Gasteiger charge is -2.05. The van der Waals surface area contributed by atoms with Gasteiger partial charge in [0.1, 0.15) is 11.6 Å². The zero-order valence-corrected chi connectivity index (χ0v) is 12.5. The van der Waals surface area contributed by atoms with Gasteiger partial charge in [-0.3, -0.25) is 9.59 Å². The highest BCUT2D eigenvalue weighted by Gasteiger charge is 2.05. The molecular weight excluding hydrogens is 224 g/mol. The van der Waals surface area contributed by atoms with Crippen LogP contribution in [0.5, 0.6) is 0 Å². The van der Waals surface area contributed by atoms with Gasteiger partial charge in [0.25, 0.3) is 0 Å². The minimum Gasteiger partial charge on any atom is -0.300 e. The summed E-state index contributed by atoms with van der Waals surface area (Å²) in [6.07, 6.45) is 0.840. The van der Waals surface area contributed by atoms with E-state index in [2.05, 4.69) is 0 Å². The Labute approximate surface area is 111 Å². The Hall–Kier alpha value is -1.44. The highest BCUT2D eigenvalue weighted by Crippen LogP contribution is 2.10. The van der Waals surface area contributed by atoms with Crippen LogP contribution >= 0.6 is 0 Å². The smallest absolute Gasteiger partial charge is 0.134 e. The molecule has 0 aromatic heterocycles. The van der Waals surface area contributed by atoms with Gasteiger partial charge in [-0.2, -0.15) is 0 Å². The van der Waals surface area contributed by atoms with Crippen molar-refractivity contribution < 1.29 is 9.59 Å². The average Bonchev–Trinajstić information content (AvgIpc) is 2.35. The number of carbonyl (C=O) groups excluding carboxylic acids is 2. The molecule has 18 heavy (non-hydrogen) atoms. The van der Waals surface area contributed by atoms with Gasteiger partial charge in [-0.1, -0.05) is 52.0 Å². The molecule has 0 heterocycles. The minimum atomic E-state index is 0.126. The molecule has 0 fully saturated rings. The van der Waals surface area contributed by atoms with Gasteiger partial charge in [0.2, 0.25) is 0 Å². The largest absolute Gasteiger partial charge is 0.300 e. The Morgan fingerprint density at radius 1 is 0.778 bits per heavy atom. The fourth-order valence-corrected chi connectivity index (χ4v) is 1.44. The maximum Gasteiger partial charge on any atom is 0.134 e. The summed E-state index contributed by atoms with van der Waals surface area (Å²) in [5.41, 5.74) is 1.94. The molecule has 0 N–H and O–H groups in total. The van der Waals surface area contributed by atoms with Crippen molar-refractivity contribution in [3.05, 3.63) is 35.4 Å². The molecule has 0 saturated heterocycles. The topological polar surface area (TPSA) is 34.1 Å². The summed E-state index contributed by atoms with van der Waals surface area (Å²) in [7, 11) is 0. The van der Waals surface area contributed by atoms with E-state index in [1.165, 1.54) is 0 Å². The summed E-state index contributed by atoms with van der Waals surface area (Å²) >= 11 is 0. The molecule has 0 saturated carbocycles. The van der Waals surface area contributed by atoms with Crippen molar-refractivity contribution >= 4 is 11.6 Å². The summed E-state index contributed by atoms with van der Waals surface area (Å²) in [6.45, 7) is 11.1. The maximum absolute atomic E-state index is 11.0. The van der Waals surface area contributed by atoms with Crippen LogP contribution in [0.3, 0.4) is 0 Å². The average molecular weight is 250 g/mol. The van der Waals surface area contributed by atoms with E-state index in [4.69, 9.17) is 0 Å². The van der Waals surface area contributed by atoms with E-state index in [9.17, 15) is 9.59 Å². The van der Waals surface area contributed by atoms with Gasteiger partial charge in [0.05, 0.1) is 0 Å². The number of benzene rings is 1. The maximum atomic E-state index is 11.0. The van der Waals surface area contributed by atoms with Crippen LogP contribution in [0.15, 0.2) is 24.3 Å². The number of ketones is 2. The first-order valence-electron chi connectivity index (χ1n) is 6.65. The lowest BCUT2D eigenvalue weighted by Crippen LogP contribution is -2.04. The molecule has 102 valence electrons. The molecule has 0 atom stereocenters. The van der Waals surface area contributed by atoms with Crippen LogP contribution in [-0.4, -0.2) is 11.6 Å². The van der Waals surface area contributed by atoms with Crippen LogP contribution in [0, 0.1) is 0 Å². The Bertz CT molecular complexity index is 319. The van der Waals surface area contributed by atoms with Crippen molar-refractivity contribution in [3.8, 4) is 0 Å². The van der Waals surface area contributed by atoms with E-state index in [0.717, 1.165) is 11.1 Å². The summed E-state index contributed by atoms with van der Waals surface area (Å²) in [5.74, 6) is 0.252. The fourth-order valence-electron chi connectivity index (χ4n) is 1.44. The van der Waals surface area contributed by atoms with Crippen LogP contribution < -0.4 is 0 Å². The molecular formula is C16H26O2. The molecule has 1 aromatic carbocycles. The van der Waals surface area contributed by atoms with E-state index in [-0.39, 0.29) is 11.6 Å². The van der Waals surface area contributed by atoms with E-state index >= 15 is 0 Å². The Balaban J connectivity index is 0. The third-order valence-corrected chi connectivity index (χ3v) is 2.00. The standard InChI is InChI=1S/C12H14O2.2C2H6/c1-9(13)7-11-5-3-4-6-12(11)8-10(2)14;2*1-2/h3-6H,7-8H2,1-2H3;2*1-2H3. The van der Waals surface area contributed by atoms with Gasteiger partial charge in [0, 0.05) is 12.8 Å². The van der Waals surface area contributed by atoms with Crippen LogP contribution in [0.1, 0.15) is 52.7 Å². The van der Waals surface area contributed by atoms with Crippen molar-refractivity contribution in [2.45, 2.75) is 54.4 Å². The molecule has 0 aliphatic heterocycles. The van der Waals surface area contributed by atoms with Crippen LogP contribution in [0.2, 0.25) is 0 Å². The number of hydrogen-bond acceptors (Lipinski definition) is 2. The van der Waals surface area contributed by atoms with Gasteiger partial charge in [-0.15, -0.1) is 0 Å². The highest BCUT2D eigenvalue weighted by atomic mass is 16.1. The van der Waals surface area contributed by atoms with Crippen molar-refractivity contribution in [1.29, 1.82) is 0 Å². The van der Waals surface area contributed by atoms with Crippen LogP contribution in [-0.2, 0) is 22.4 Å². The number of carbonyl (C=O) groups is 2. The van der Waals surface area contributed by atoms with Crippen molar-refractivity contribution in [2.24, 2.45) is 0 Å². The summed E-state index contributed by atoms with van der Waals surface area (Å²) in [5, 5.41) is 0. The molecule has 0 aliphatic carbocycles. The first kappa shape index (κ1) is 18.9. The lowest BCUT2D eigenvalue weighted by atomic mass is 9.99. The van der Waals surface area contributed by atoms with E-state index in [1.807, 2.05) is 52.0 Å². The first-order valence-corrected chi connectivity index (χ1v) is 6.65. The first-order chi connectivity index (χ1) is 8.59. The Kier molecular flexibility index (Phi) is 12.6. The lowest BCUT2D eigenvalue weighted by molar-refractivity contribution is -0.117. The van der Waals surface area contributed by atoms with Gasteiger partial charge in [-0.25, -0.2) is 0 Å². The third kappa shape index (κ3) is 8.68. The molecule has 1 aromatic rings. The minimum absolute atomic E-state index is 0.126. The molecule has 0 aliphatic rings. The second-order valence-electron chi connectivity index (χ2n) is 3.53. The van der Waals surface area contributed by atoms with Gasteiger partial charge >= 0.3 is 0 Å². The predicted octanol–water partition coefficient (Wildman–Crippen LogP) is 4.00. The molecule has 0 unspecified atom stereocenters. The quantitative estimate of drug-likeness (QED) is 0.809. The Morgan fingerprint density at radius 3 is 1.28 bits per heavy atom. The monoisotopic (exact) mass is 250 g/mol. The fraction of sp³-hybridized carbons (Fsp3) is 0.500. The number of hydrogen-bond donors (Lipinski definition) is 0. The highest BCUT2D eigenvalue weighted by molar-refractivity contribution is 5.81. The number of Topliss-reactive ketones (excluding diaryl/α,β-unsaturated/α-hetero) is 2. The third-order valence-electron chi connectivity index (χ3n) is 2.00. The normalized spacial score (nSPS) is 8.33. The van der Waals surface area contributed by atoms with Crippen molar-refractivity contribution in [2.75, 3.05) is 0 Å². The van der Waals surface area contributed by atoms with Gasteiger partial charge < -0.3 is 0 Å². The molecule has 1 rings (SSSR count). The molecule has 0 spiro atoms. The predicted molar refractivity (Wildman–Crippen MR) is 77.9 cm³/mol. The van der Waals surface area contributed by atoms with E-state index < -0.39 is 0 Å². The van der Waals surface area contributed by atoms with Crippen molar-refractivity contribution in [3.63, 3.8) is 0 Å². The number of rotatable bonds is 4. The SMILES string of the molecule is CC.CC.CC(=O)Cc1ccccc1CC(C)=O. The molecule has 0 radical (unpaired) electrons. The van der Waals surface area contributed by atoms with E-state index in [1.54, 1.807) is 13.8 Å². The summed E-state index contributed by atoms with van der Waals surface area (Å²) in [4.78, 5) is 21.9. The molecule has 2 heteroatoms. The summed E-state index contributed by atoms with van der Waals surface area (Å²) < 4.78 is 0. The zero-order valence-electron chi connectivity index (χ0n) is 12.5. The second-order valence-corrected chi connectivity index (χ2v) is 3.53. The van der Waals surface area contributed by atoms with Crippen molar-refractivity contribution in [1.82, 2.24) is 0 Å². The van der Waals surface area contributed by atoms with Gasteiger partial charge in [-0.05, 0) is 25.0 Å².